The molecule has 1 aromatic rings. The summed E-state index contributed by atoms with van der Waals surface area (Å²) in [5.41, 5.74) is 0.0508. The topological polar surface area (TPSA) is 26.3 Å². The number of rotatable bonds is 3. The molecule has 0 aromatic heterocycles. The van der Waals surface area contributed by atoms with E-state index in [9.17, 15) is 13.6 Å². The molecule has 1 rings (SSSR count). The summed E-state index contributed by atoms with van der Waals surface area (Å²) < 4.78 is 28.6. The standard InChI is InChI=1S/C8H3Br2ClF2O2/c9-3-1-2-4(15-8(12)13)6(10)5(3)7(11)14/h1-2,8H. The summed E-state index contributed by atoms with van der Waals surface area (Å²) in [5.74, 6) is -0.141. The molecular formula is C8H3Br2ClF2O2. The van der Waals surface area contributed by atoms with Crippen molar-refractivity contribution in [3.8, 4) is 5.75 Å². The molecule has 0 atom stereocenters. The molecule has 0 bridgehead atoms. The first-order valence-electron chi connectivity index (χ1n) is 3.56. The smallest absolute Gasteiger partial charge is 0.387 e. The second-order valence-corrected chi connectivity index (χ2v) is 4.38. The van der Waals surface area contributed by atoms with E-state index in [1.54, 1.807) is 0 Å². The zero-order valence-corrected chi connectivity index (χ0v) is 10.9. The molecule has 0 aliphatic carbocycles. The normalized spacial score (nSPS) is 10.5. The van der Waals surface area contributed by atoms with Gasteiger partial charge in [0, 0.05) is 4.47 Å². The highest BCUT2D eigenvalue weighted by Gasteiger charge is 2.18. The van der Waals surface area contributed by atoms with Crippen molar-refractivity contribution in [2.75, 3.05) is 0 Å². The van der Waals surface area contributed by atoms with Crippen molar-refractivity contribution >= 4 is 48.7 Å². The number of benzene rings is 1. The molecule has 1 aromatic carbocycles. The second kappa shape index (κ2) is 5.23. The summed E-state index contributed by atoms with van der Waals surface area (Å²) in [7, 11) is 0. The van der Waals surface area contributed by atoms with Gasteiger partial charge in [-0.1, -0.05) is 0 Å². The molecule has 0 saturated heterocycles. The van der Waals surface area contributed by atoms with Crippen molar-refractivity contribution in [3.05, 3.63) is 26.6 Å². The molecule has 0 saturated carbocycles. The van der Waals surface area contributed by atoms with Crippen LogP contribution in [0.2, 0.25) is 0 Å². The van der Waals surface area contributed by atoms with E-state index >= 15 is 0 Å². The highest BCUT2D eigenvalue weighted by Crippen LogP contribution is 2.35. The van der Waals surface area contributed by atoms with Crippen molar-refractivity contribution in [3.63, 3.8) is 0 Å². The van der Waals surface area contributed by atoms with Crippen LogP contribution in [0.15, 0.2) is 21.1 Å². The molecule has 0 heterocycles. The monoisotopic (exact) mass is 362 g/mol. The summed E-state index contributed by atoms with van der Waals surface area (Å²) in [6.07, 6.45) is 0. The summed E-state index contributed by atoms with van der Waals surface area (Å²) in [4.78, 5) is 11.0. The molecule has 0 unspecified atom stereocenters. The lowest BCUT2D eigenvalue weighted by Gasteiger charge is -2.09. The van der Waals surface area contributed by atoms with Gasteiger partial charge in [0.15, 0.2) is 0 Å². The summed E-state index contributed by atoms with van der Waals surface area (Å²) in [6, 6.07) is 2.70. The molecule has 0 aliphatic rings. The van der Waals surface area contributed by atoms with Gasteiger partial charge in [0.05, 0.1) is 10.0 Å². The number of hydrogen-bond donors (Lipinski definition) is 0. The Morgan fingerprint density at radius 3 is 2.47 bits per heavy atom. The third-order valence-corrected chi connectivity index (χ3v) is 3.11. The molecule has 7 heteroatoms. The molecule has 15 heavy (non-hydrogen) atoms. The molecule has 0 amide bonds. The highest BCUT2D eigenvalue weighted by atomic mass is 79.9. The average Bonchev–Trinajstić information content (AvgIpc) is 2.09. The Labute approximate surface area is 106 Å². The van der Waals surface area contributed by atoms with Crippen LogP contribution in [0.25, 0.3) is 0 Å². The van der Waals surface area contributed by atoms with Gasteiger partial charge in [0.1, 0.15) is 5.75 Å². The van der Waals surface area contributed by atoms with Gasteiger partial charge in [0.25, 0.3) is 5.24 Å². The van der Waals surface area contributed by atoms with E-state index in [1.165, 1.54) is 12.1 Å². The Morgan fingerprint density at radius 1 is 1.40 bits per heavy atom. The average molecular weight is 364 g/mol. The lowest BCUT2D eigenvalue weighted by molar-refractivity contribution is -0.0504. The largest absolute Gasteiger partial charge is 0.434 e. The zero-order valence-electron chi connectivity index (χ0n) is 6.94. The minimum atomic E-state index is -2.96. The zero-order chi connectivity index (χ0) is 11.6. The number of hydrogen-bond acceptors (Lipinski definition) is 2. The third-order valence-electron chi connectivity index (χ3n) is 1.47. The molecule has 2 nitrogen and oxygen atoms in total. The number of carbonyl (C=O) groups is 1. The Balaban J connectivity index is 3.22. The minimum Gasteiger partial charge on any atom is -0.434 e. The third kappa shape index (κ3) is 3.12. The molecule has 0 spiro atoms. The predicted molar refractivity (Wildman–Crippen MR) is 58.7 cm³/mol. The highest BCUT2D eigenvalue weighted by molar-refractivity contribution is 9.11. The molecule has 82 valence electrons. The van der Waals surface area contributed by atoms with E-state index in [-0.39, 0.29) is 15.8 Å². The van der Waals surface area contributed by atoms with Gasteiger partial charge in [-0.3, -0.25) is 4.79 Å². The fraction of sp³-hybridized carbons (Fsp3) is 0.125. The summed E-state index contributed by atoms with van der Waals surface area (Å²) in [6.45, 7) is -2.96. The number of alkyl halides is 2. The van der Waals surface area contributed by atoms with Crippen LogP contribution in [0.1, 0.15) is 10.4 Å². The lowest BCUT2D eigenvalue weighted by atomic mass is 10.2. The molecule has 0 radical (unpaired) electrons. The van der Waals surface area contributed by atoms with E-state index in [0.717, 1.165) is 0 Å². The molecule has 0 fully saturated rings. The van der Waals surface area contributed by atoms with Gasteiger partial charge in [0.2, 0.25) is 0 Å². The van der Waals surface area contributed by atoms with Crippen LogP contribution < -0.4 is 4.74 Å². The van der Waals surface area contributed by atoms with Gasteiger partial charge in [-0.2, -0.15) is 8.78 Å². The Bertz CT molecular complexity index is 398. The van der Waals surface area contributed by atoms with Crippen LogP contribution in [-0.2, 0) is 0 Å². The number of ether oxygens (including phenoxy) is 1. The first kappa shape index (κ1) is 12.9. The van der Waals surface area contributed by atoms with E-state index in [2.05, 4.69) is 36.6 Å². The Morgan fingerprint density at radius 2 is 2.00 bits per heavy atom. The van der Waals surface area contributed by atoms with Crippen LogP contribution >= 0.6 is 43.5 Å². The fourth-order valence-electron chi connectivity index (χ4n) is 0.901. The number of carbonyl (C=O) groups excluding carboxylic acids is 1. The van der Waals surface area contributed by atoms with E-state index in [0.29, 0.717) is 4.47 Å². The van der Waals surface area contributed by atoms with Crippen molar-refractivity contribution in [2.45, 2.75) is 6.61 Å². The van der Waals surface area contributed by atoms with Gasteiger partial charge in [-0.05, 0) is 55.6 Å². The van der Waals surface area contributed by atoms with Crippen LogP contribution in [0, 0.1) is 0 Å². The maximum Gasteiger partial charge on any atom is 0.387 e. The molecule has 0 N–H and O–H groups in total. The maximum absolute atomic E-state index is 12.0. The van der Waals surface area contributed by atoms with Gasteiger partial charge in [-0.15, -0.1) is 0 Å². The maximum atomic E-state index is 12.0. The SMILES string of the molecule is O=C(Cl)c1c(Br)ccc(OC(F)F)c1Br. The van der Waals surface area contributed by atoms with Gasteiger partial charge >= 0.3 is 6.61 Å². The first-order valence-corrected chi connectivity index (χ1v) is 5.52. The Kier molecular flexibility index (Phi) is 4.48. The second-order valence-electron chi connectivity index (χ2n) is 2.39. The van der Waals surface area contributed by atoms with Crippen LogP contribution in [0.3, 0.4) is 0 Å². The molecule has 0 aliphatic heterocycles. The minimum absolute atomic E-state index is 0.0508. The summed E-state index contributed by atoms with van der Waals surface area (Å²) >= 11 is 11.3. The van der Waals surface area contributed by atoms with E-state index < -0.39 is 11.9 Å². The first-order chi connectivity index (χ1) is 6.93. The lowest BCUT2D eigenvalue weighted by Crippen LogP contribution is -2.04. The number of halogens is 5. The van der Waals surface area contributed by atoms with E-state index in [1.807, 2.05) is 0 Å². The summed E-state index contributed by atoms with van der Waals surface area (Å²) in [5, 5.41) is -0.770. The fourth-order valence-corrected chi connectivity index (χ4v) is 2.72. The Hall–Kier alpha value is -0.200. The van der Waals surface area contributed by atoms with Crippen molar-refractivity contribution in [1.82, 2.24) is 0 Å². The predicted octanol–water partition coefficient (Wildman–Crippen LogP) is 4.19. The van der Waals surface area contributed by atoms with Crippen LogP contribution in [-0.4, -0.2) is 11.9 Å². The van der Waals surface area contributed by atoms with Gasteiger partial charge < -0.3 is 4.74 Å². The van der Waals surface area contributed by atoms with Crippen LogP contribution in [0.5, 0.6) is 5.75 Å². The van der Waals surface area contributed by atoms with Crippen molar-refractivity contribution < 1.29 is 18.3 Å². The molecular weight excluding hydrogens is 361 g/mol. The van der Waals surface area contributed by atoms with Crippen molar-refractivity contribution in [1.29, 1.82) is 0 Å². The van der Waals surface area contributed by atoms with E-state index in [4.69, 9.17) is 11.6 Å². The quantitative estimate of drug-likeness (QED) is 0.752. The van der Waals surface area contributed by atoms with Crippen LogP contribution in [0.4, 0.5) is 8.78 Å². The van der Waals surface area contributed by atoms with Crippen molar-refractivity contribution in [2.24, 2.45) is 0 Å². The van der Waals surface area contributed by atoms with Gasteiger partial charge in [-0.25, -0.2) is 0 Å².